The molecular formula is C29H44O8. The lowest BCUT2D eigenvalue weighted by Crippen LogP contribution is -2.62. The largest absolute Gasteiger partial charge is 0.469 e. The molecule has 1 heterocycles. The second-order valence-electron chi connectivity index (χ2n) is 12.5. The molecule has 0 aromatic heterocycles. The third-order valence-corrected chi connectivity index (χ3v) is 10.9. The van der Waals surface area contributed by atoms with Gasteiger partial charge < -0.3 is 18.9 Å². The summed E-state index contributed by atoms with van der Waals surface area (Å²) < 4.78 is 22.5. The first kappa shape index (κ1) is 27.9. The molecular weight excluding hydrogens is 476 g/mol. The van der Waals surface area contributed by atoms with Crippen molar-refractivity contribution in [2.75, 3.05) is 13.7 Å². The van der Waals surface area contributed by atoms with Crippen LogP contribution in [0.4, 0.5) is 0 Å². The number of carbonyl (C=O) groups is 4. The Bertz CT molecular complexity index is 916. The maximum Gasteiger partial charge on any atom is 0.306 e. The lowest BCUT2D eigenvalue weighted by molar-refractivity contribution is -0.215. The summed E-state index contributed by atoms with van der Waals surface area (Å²) in [5, 5.41) is 0. The molecule has 37 heavy (non-hydrogen) atoms. The minimum absolute atomic E-state index is 0.0478. The van der Waals surface area contributed by atoms with E-state index in [2.05, 4.69) is 20.8 Å². The van der Waals surface area contributed by atoms with Crippen molar-refractivity contribution in [2.24, 2.45) is 46.3 Å². The minimum Gasteiger partial charge on any atom is -0.469 e. The summed E-state index contributed by atoms with van der Waals surface area (Å²) in [6.45, 7) is 10.0. The molecule has 0 aromatic rings. The van der Waals surface area contributed by atoms with Gasteiger partial charge in [-0.15, -0.1) is 0 Å². The van der Waals surface area contributed by atoms with Gasteiger partial charge in [0, 0.05) is 38.0 Å². The van der Waals surface area contributed by atoms with Crippen molar-refractivity contribution in [2.45, 2.75) is 98.2 Å². The summed E-state index contributed by atoms with van der Waals surface area (Å²) in [6.07, 6.45) is 4.86. The first-order chi connectivity index (χ1) is 17.4. The number of esters is 4. The topological polar surface area (TPSA) is 105 Å². The molecule has 0 unspecified atom stereocenters. The van der Waals surface area contributed by atoms with Crippen molar-refractivity contribution in [3.63, 3.8) is 0 Å². The molecule has 3 saturated carbocycles. The smallest absolute Gasteiger partial charge is 0.306 e. The summed E-state index contributed by atoms with van der Waals surface area (Å²) in [5.41, 5.74) is -0.483. The van der Waals surface area contributed by atoms with E-state index >= 15 is 0 Å². The van der Waals surface area contributed by atoms with Crippen LogP contribution in [0.3, 0.4) is 0 Å². The number of rotatable bonds is 6. The lowest BCUT2D eigenvalue weighted by atomic mass is 9.44. The second kappa shape index (κ2) is 10.6. The van der Waals surface area contributed by atoms with Crippen LogP contribution in [0, 0.1) is 46.3 Å². The molecule has 4 fully saturated rings. The molecule has 0 radical (unpaired) electrons. The van der Waals surface area contributed by atoms with E-state index in [0.717, 1.165) is 19.3 Å². The second-order valence-corrected chi connectivity index (χ2v) is 12.5. The summed E-state index contributed by atoms with van der Waals surface area (Å²) in [7, 11) is 1.41. The fourth-order valence-electron chi connectivity index (χ4n) is 9.11. The maximum absolute atomic E-state index is 12.4. The molecule has 1 aliphatic heterocycles. The Morgan fingerprint density at radius 2 is 1.76 bits per heavy atom. The van der Waals surface area contributed by atoms with Crippen LogP contribution in [0.15, 0.2) is 0 Å². The summed E-state index contributed by atoms with van der Waals surface area (Å²) in [4.78, 5) is 49.0. The number of cyclic esters (lactones) is 1. The fourth-order valence-corrected chi connectivity index (χ4v) is 9.11. The van der Waals surface area contributed by atoms with Gasteiger partial charge in [0.2, 0.25) is 0 Å². The van der Waals surface area contributed by atoms with Crippen LogP contribution in [0.2, 0.25) is 0 Å². The van der Waals surface area contributed by atoms with Gasteiger partial charge in [0.05, 0.1) is 13.7 Å². The summed E-state index contributed by atoms with van der Waals surface area (Å²) >= 11 is 0. The zero-order valence-corrected chi connectivity index (χ0v) is 23.2. The quantitative estimate of drug-likeness (QED) is 0.373. The third kappa shape index (κ3) is 5.01. The van der Waals surface area contributed by atoms with Crippen molar-refractivity contribution in [3.8, 4) is 0 Å². The molecule has 4 aliphatic rings. The minimum atomic E-state index is -0.305. The molecule has 0 bridgehead atoms. The van der Waals surface area contributed by atoms with Gasteiger partial charge in [-0.2, -0.15) is 0 Å². The number of carbonyl (C=O) groups excluding carboxylic acids is 4. The number of hydrogen-bond donors (Lipinski definition) is 0. The van der Waals surface area contributed by atoms with Gasteiger partial charge in [-0.25, -0.2) is 0 Å². The molecule has 0 amide bonds. The SMILES string of the molecule is COC(=O)CC[C@@H](C)[C@H]1CC[C@H]2[C@@H]3[C@H](OC(C)=O)C[C@@H]4CC(=O)OCC[C@]4(C)[C@H]3C[C@H](OC(C)=O)[C@]12C. The van der Waals surface area contributed by atoms with E-state index in [1.165, 1.54) is 21.0 Å². The van der Waals surface area contributed by atoms with E-state index in [9.17, 15) is 19.2 Å². The molecule has 8 heteroatoms. The van der Waals surface area contributed by atoms with E-state index in [0.29, 0.717) is 38.7 Å². The van der Waals surface area contributed by atoms with Gasteiger partial charge in [0.25, 0.3) is 0 Å². The summed E-state index contributed by atoms with van der Waals surface area (Å²) in [5.74, 6) is 0.0172. The molecule has 0 spiro atoms. The van der Waals surface area contributed by atoms with Gasteiger partial charge in [0.15, 0.2) is 0 Å². The number of hydrogen-bond acceptors (Lipinski definition) is 8. The van der Waals surface area contributed by atoms with Gasteiger partial charge in [-0.1, -0.05) is 20.8 Å². The van der Waals surface area contributed by atoms with E-state index in [-0.39, 0.29) is 82.4 Å². The Morgan fingerprint density at radius 3 is 2.41 bits per heavy atom. The number of ether oxygens (including phenoxy) is 4. The van der Waals surface area contributed by atoms with Crippen molar-refractivity contribution >= 4 is 23.9 Å². The Hall–Kier alpha value is -2.12. The number of fused-ring (bicyclic) bond motifs is 5. The van der Waals surface area contributed by atoms with Crippen LogP contribution in [-0.2, 0) is 38.1 Å². The molecule has 10 atom stereocenters. The lowest BCUT2D eigenvalue weighted by Gasteiger charge is -2.62. The molecule has 208 valence electrons. The van der Waals surface area contributed by atoms with Crippen molar-refractivity contribution < 1.29 is 38.1 Å². The zero-order valence-electron chi connectivity index (χ0n) is 23.2. The van der Waals surface area contributed by atoms with E-state index < -0.39 is 0 Å². The van der Waals surface area contributed by atoms with Gasteiger partial charge in [0.1, 0.15) is 12.2 Å². The van der Waals surface area contributed by atoms with E-state index in [1.807, 2.05) is 0 Å². The Balaban J connectivity index is 1.74. The Morgan fingerprint density at radius 1 is 1.05 bits per heavy atom. The van der Waals surface area contributed by atoms with Gasteiger partial charge in [-0.05, 0) is 73.5 Å². The predicted molar refractivity (Wildman–Crippen MR) is 134 cm³/mol. The third-order valence-electron chi connectivity index (χ3n) is 10.9. The fraction of sp³-hybridized carbons (Fsp3) is 0.862. The van der Waals surface area contributed by atoms with Gasteiger partial charge >= 0.3 is 23.9 Å². The highest BCUT2D eigenvalue weighted by molar-refractivity contribution is 5.70. The highest BCUT2D eigenvalue weighted by Crippen LogP contribution is 2.68. The standard InChI is InChI=1S/C29H44O8/c1-16(7-10-25(32)34-6)20-8-9-21-27-22(15-24(29(20,21)5)37-18(3)31)28(4)11-12-35-26(33)14-19(28)13-23(27)36-17(2)30/h16,19-24,27H,7-15H2,1-6H3/t16-,19-,20-,21+,22+,23-,24+,27+,28+,29-/m1/s1. The zero-order chi connectivity index (χ0) is 27.1. The average molecular weight is 521 g/mol. The molecule has 1 saturated heterocycles. The van der Waals surface area contributed by atoms with Crippen LogP contribution in [0.5, 0.6) is 0 Å². The molecule has 3 aliphatic carbocycles. The highest BCUT2D eigenvalue weighted by Gasteiger charge is 2.67. The normalized spacial score (nSPS) is 41.7. The predicted octanol–water partition coefficient (Wildman–Crippen LogP) is 4.47. The average Bonchev–Trinajstić information content (AvgIpc) is 3.10. The van der Waals surface area contributed by atoms with Crippen molar-refractivity contribution in [3.05, 3.63) is 0 Å². The van der Waals surface area contributed by atoms with E-state index in [4.69, 9.17) is 18.9 Å². The van der Waals surface area contributed by atoms with Crippen LogP contribution < -0.4 is 0 Å². The first-order valence-corrected chi connectivity index (χ1v) is 14.0. The molecule has 0 aromatic carbocycles. The molecule has 8 nitrogen and oxygen atoms in total. The highest BCUT2D eigenvalue weighted by atomic mass is 16.6. The van der Waals surface area contributed by atoms with Crippen molar-refractivity contribution in [1.82, 2.24) is 0 Å². The Kier molecular flexibility index (Phi) is 7.97. The van der Waals surface area contributed by atoms with Crippen LogP contribution >= 0.6 is 0 Å². The number of methoxy groups -OCH3 is 1. The Labute approximate surface area is 220 Å². The summed E-state index contributed by atoms with van der Waals surface area (Å²) in [6, 6.07) is 0. The van der Waals surface area contributed by atoms with Crippen LogP contribution in [-0.4, -0.2) is 49.8 Å². The maximum atomic E-state index is 12.4. The first-order valence-electron chi connectivity index (χ1n) is 14.0. The van der Waals surface area contributed by atoms with E-state index in [1.54, 1.807) is 0 Å². The van der Waals surface area contributed by atoms with Gasteiger partial charge in [-0.3, -0.25) is 19.2 Å². The molecule has 0 N–H and O–H groups in total. The van der Waals surface area contributed by atoms with Crippen LogP contribution in [0.25, 0.3) is 0 Å². The van der Waals surface area contributed by atoms with Crippen LogP contribution in [0.1, 0.15) is 86.0 Å². The van der Waals surface area contributed by atoms with Crippen molar-refractivity contribution in [1.29, 1.82) is 0 Å². The molecule has 4 rings (SSSR count). The monoisotopic (exact) mass is 520 g/mol.